The number of hydrogen-bond acceptors (Lipinski definition) is 11. The number of rotatable bonds is 3. The van der Waals surface area contributed by atoms with Gasteiger partial charge in [-0.2, -0.15) is 0 Å². The lowest BCUT2D eigenvalue weighted by Gasteiger charge is -2.43. The van der Waals surface area contributed by atoms with Gasteiger partial charge in [0.05, 0.1) is 11.7 Å². The van der Waals surface area contributed by atoms with E-state index in [0.717, 1.165) is 6.07 Å². The monoisotopic (exact) mass is 474 g/mol. The maximum Gasteiger partial charge on any atom is 0.308 e. The summed E-state index contributed by atoms with van der Waals surface area (Å²) < 4.78 is 15.9. The molecule has 11 nitrogen and oxygen atoms in total. The summed E-state index contributed by atoms with van der Waals surface area (Å²) in [5, 5.41) is 50.9. The smallest absolute Gasteiger partial charge is 0.308 e. The molecule has 0 spiro atoms. The van der Waals surface area contributed by atoms with Crippen LogP contribution in [0.4, 0.5) is 0 Å². The number of carbonyl (C=O) groups is 3. The Hall–Kier alpha value is -3.35. The van der Waals surface area contributed by atoms with Crippen molar-refractivity contribution in [1.82, 2.24) is 0 Å². The van der Waals surface area contributed by atoms with Crippen LogP contribution in [0.15, 0.2) is 24.3 Å². The fourth-order valence-corrected chi connectivity index (χ4v) is 3.99. The van der Waals surface area contributed by atoms with E-state index in [2.05, 4.69) is 0 Å². The molecule has 2 aromatic rings. The summed E-state index contributed by atoms with van der Waals surface area (Å²) >= 11 is 0. The van der Waals surface area contributed by atoms with Crippen LogP contribution < -0.4 is 9.47 Å². The first kappa shape index (κ1) is 23.8. The van der Waals surface area contributed by atoms with Gasteiger partial charge >= 0.3 is 5.97 Å². The van der Waals surface area contributed by atoms with Gasteiger partial charge in [-0.1, -0.05) is 0 Å². The highest BCUT2D eigenvalue weighted by molar-refractivity contribution is 6.29. The summed E-state index contributed by atoms with van der Waals surface area (Å²) in [6, 6.07) is 5.07. The van der Waals surface area contributed by atoms with Crippen molar-refractivity contribution >= 4 is 17.5 Å². The first-order valence-corrected chi connectivity index (χ1v) is 10.3. The molecule has 1 aliphatic heterocycles. The van der Waals surface area contributed by atoms with Crippen LogP contribution in [0, 0.1) is 6.92 Å². The molecule has 1 saturated heterocycles. The second-order valence-electron chi connectivity index (χ2n) is 8.23. The molecule has 180 valence electrons. The van der Waals surface area contributed by atoms with Gasteiger partial charge in [0, 0.05) is 29.2 Å². The van der Waals surface area contributed by atoms with Crippen molar-refractivity contribution in [2.24, 2.45) is 0 Å². The molecule has 34 heavy (non-hydrogen) atoms. The van der Waals surface area contributed by atoms with Crippen molar-refractivity contribution < 1.29 is 54.1 Å². The summed E-state index contributed by atoms with van der Waals surface area (Å²) in [6.45, 7) is 3.90. The molecule has 1 heterocycles. The lowest BCUT2D eigenvalue weighted by Crippen LogP contribution is -2.66. The predicted molar refractivity (Wildman–Crippen MR) is 112 cm³/mol. The Labute approximate surface area is 192 Å². The number of carbonyl (C=O) groups excluding carboxylic acids is 3. The molecule has 0 bridgehead atoms. The molecule has 0 aromatic heterocycles. The average molecular weight is 474 g/mol. The Morgan fingerprint density at radius 2 is 1.71 bits per heavy atom. The number of fused-ring (bicyclic) bond motifs is 2. The normalized spacial score (nSPS) is 25.4. The molecule has 5 N–H and O–H groups in total. The van der Waals surface area contributed by atoms with Crippen LogP contribution in [0.25, 0.3) is 0 Å². The minimum atomic E-state index is -2.95. The Bertz CT molecular complexity index is 1220. The average Bonchev–Trinajstić information content (AvgIpc) is 2.77. The minimum absolute atomic E-state index is 0.0102. The van der Waals surface area contributed by atoms with Gasteiger partial charge in [-0.3, -0.25) is 14.4 Å². The van der Waals surface area contributed by atoms with Gasteiger partial charge in [0.25, 0.3) is 0 Å². The predicted octanol–water partition coefficient (Wildman–Crippen LogP) is -0.0724. The van der Waals surface area contributed by atoms with Gasteiger partial charge in [0.15, 0.2) is 17.7 Å². The van der Waals surface area contributed by atoms with Crippen molar-refractivity contribution in [2.45, 2.75) is 51.2 Å². The zero-order chi connectivity index (χ0) is 25.1. The highest BCUT2D eigenvalue weighted by Crippen LogP contribution is 2.41. The Morgan fingerprint density at radius 3 is 2.35 bits per heavy atom. The second-order valence-corrected chi connectivity index (χ2v) is 8.23. The van der Waals surface area contributed by atoms with Gasteiger partial charge in [-0.15, -0.1) is 0 Å². The lowest BCUT2D eigenvalue weighted by molar-refractivity contribution is -0.371. The number of aromatic hydroxyl groups is 1. The third kappa shape index (κ3) is 3.63. The number of ketones is 2. The fraction of sp³-hybridized carbons (Fsp3) is 0.348. The number of phenolic OH excluding ortho intramolecular Hbond substituents is 1. The molecule has 1 fully saturated rings. The highest BCUT2D eigenvalue weighted by atomic mass is 16.7. The van der Waals surface area contributed by atoms with Crippen LogP contribution in [-0.4, -0.2) is 73.5 Å². The molecule has 11 heteroatoms. The molecule has 0 unspecified atom stereocenters. The van der Waals surface area contributed by atoms with E-state index in [1.165, 1.54) is 39.0 Å². The van der Waals surface area contributed by atoms with E-state index in [9.17, 15) is 39.9 Å². The molecular formula is C23H22O11. The summed E-state index contributed by atoms with van der Waals surface area (Å²) in [7, 11) is 0. The topological polar surface area (TPSA) is 180 Å². The van der Waals surface area contributed by atoms with E-state index in [-0.39, 0.29) is 39.3 Å². The molecule has 0 saturated carbocycles. The molecule has 2 aliphatic rings. The van der Waals surface area contributed by atoms with E-state index >= 15 is 0 Å². The summed E-state index contributed by atoms with van der Waals surface area (Å²) in [5.74, 6) is -5.54. The molecule has 4 rings (SSSR count). The molecule has 1 aliphatic carbocycles. The highest BCUT2D eigenvalue weighted by Gasteiger charge is 2.54. The largest absolute Gasteiger partial charge is 0.507 e. The van der Waals surface area contributed by atoms with Gasteiger partial charge in [0.1, 0.15) is 23.4 Å². The van der Waals surface area contributed by atoms with E-state index in [1.807, 2.05) is 0 Å². The summed E-state index contributed by atoms with van der Waals surface area (Å²) in [4.78, 5) is 37.5. The van der Waals surface area contributed by atoms with Crippen LogP contribution in [0.2, 0.25) is 0 Å². The van der Waals surface area contributed by atoms with Crippen molar-refractivity contribution in [1.29, 1.82) is 0 Å². The number of aliphatic hydroxyl groups excluding tert-OH is 2. The van der Waals surface area contributed by atoms with Crippen LogP contribution in [-0.2, 0) is 9.53 Å². The lowest BCUT2D eigenvalue weighted by atomic mass is 9.82. The minimum Gasteiger partial charge on any atom is -0.507 e. The third-order valence-corrected chi connectivity index (χ3v) is 5.88. The summed E-state index contributed by atoms with van der Waals surface area (Å²) in [5.41, 5.74) is -0.490. The number of phenols is 1. The van der Waals surface area contributed by atoms with E-state index < -0.39 is 53.7 Å². The number of aliphatic hydroxyl groups is 4. The van der Waals surface area contributed by atoms with Crippen LogP contribution >= 0.6 is 0 Å². The van der Waals surface area contributed by atoms with Crippen LogP contribution in [0.5, 0.6) is 17.2 Å². The SMILES string of the molecule is CC(=O)Oc1ccc2c(c1)C(=O)c1cc(O[C@H]3O[C@@H](C)[C@@H](O)C(O)(O)[C@H]3O)c(C)c(O)c1C2=O. The van der Waals surface area contributed by atoms with Crippen molar-refractivity contribution in [3.05, 3.63) is 52.1 Å². The number of ether oxygens (including phenoxy) is 3. The van der Waals surface area contributed by atoms with E-state index in [0.29, 0.717) is 0 Å². The zero-order valence-corrected chi connectivity index (χ0v) is 18.3. The van der Waals surface area contributed by atoms with Crippen molar-refractivity contribution in [2.75, 3.05) is 0 Å². The van der Waals surface area contributed by atoms with Gasteiger partial charge in [-0.05, 0) is 38.1 Å². The number of esters is 1. The summed E-state index contributed by atoms with van der Waals surface area (Å²) in [6.07, 6.45) is -6.78. The Kier molecular flexibility index (Phi) is 5.70. The fourth-order valence-electron chi connectivity index (χ4n) is 3.99. The maximum atomic E-state index is 13.2. The molecule has 2 aromatic carbocycles. The molecule has 0 radical (unpaired) electrons. The Balaban J connectivity index is 1.75. The molecular weight excluding hydrogens is 452 g/mol. The quantitative estimate of drug-likeness (QED) is 0.195. The molecule has 0 amide bonds. The first-order valence-electron chi connectivity index (χ1n) is 10.3. The van der Waals surface area contributed by atoms with Gasteiger partial charge < -0.3 is 39.7 Å². The standard InChI is InChI=1S/C23H22O11/c1-8-15(34-22-21(29)23(30,31)20(28)9(2)32-22)7-14-16(17(8)25)19(27)12-5-4-11(33-10(3)24)6-13(12)18(14)26/h4-7,9,20-22,25,28-31H,1-3H3/t9-,20+,21-,22+/m0/s1. The maximum absolute atomic E-state index is 13.2. The van der Waals surface area contributed by atoms with Gasteiger partial charge in [-0.25, -0.2) is 0 Å². The molecule has 4 atom stereocenters. The van der Waals surface area contributed by atoms with Crippen LogP contribution in [0.1, 0.15) is 51.3 Å². The first-order chi connectivity index (χ1) is 15.8. The van der Waals surface area contributed by atoms with Crippen molar-refractivity contribution in [3.63, 3.8) is 0 Å². The Morgan fingerprint density at radius 1 is 1.03 bits per heavy atom. The van der Waals surface area contributed by atoms with Gasteiger partial charge in [0.2, 0.25) is 12.1 Å². The van der Waals surface area contributed by atoms with Crippen molar-refractivity contribution in [3.8, 4) is 17.2 Å². The van der Waals surface area contributed by atoms with E-state index in [1.54, 1.807) is 0 Å². The van der Waals surface area contributed by atoms with E-state index in [4.69, 9.17) is 14.2 Å². The second kappa shape index (κ2) is 8.15. The zero-order valence-electron chi connectivity index (χ0n) is 18.3. The third-order valence-electron chi connectivity index (χ3n) is 5.88. The van der Waals surface area contributed by atoms with Crippen LogP contribution in [0.3, 0.4) is 0 Å². The number of hydrogen-bond donors (Lipinski definition) is 5. The number of benzene rings is 2.